The van der Waals surface area contributed by atoms with Crippen LogP contribution in [0.5, 0.6) is 0 Å². The van der Waals surface area contributed by atoms with E-state index in [2.05, 4.69) is 19.4 Å². The molecule has 0 spiro atoms. The summed E-state index contributed by atoms with van der Waals surface area (Å²) >= 11 is 0. The predicted molar refractivity (Wildman–Crippen MR) is 121 cm³/mol. The molecule has 0 unspecified atom stereocenters. The van der Waals surface area contributed by atoms with Gasteiger partial charge in [0.1, 0.15) is 5.69 Å². The standard InChI is InChI=1S/C24H22F7N3O5/c25-18-9-16(8-15-3-6-37-20(15)18)19-21(34-4-1-14(2-5-34)22(35)36)33-17(10-32-19)7-13(11-38-23(26,27)28)12-39-24(29,30)31/h3,6,8-10,13-14H,1-2,4-5,7,11-12H2,(H,35,36). The first kappa shape index (κ1) is 28.5. The molecule has 1 saturated heterocycles. The third kappa shape index (κ3) is 7.56. The Balaban J connectivity index is 1.67. The summed E-state index contributed by atoms with van der Waals surface area (Å²) < 4.78 is 103. The number of ether oxygens (including phenoxy) is 2. The molecule has 1 aliphatic rings. The number of benzene rings is 1. The van der Waals surface area contributed by atoms with Gasteiger partial charge in [-0.1, -0.05) is 0 Å². The first-order chi connectivity index (χ1) is 18.3. The van der Waals surface area contributed by atoms with Gasteiger partial charge in [-0.15, -0.1) is 26.3 Å². The number of carboxylic acids is 1. The van der Waals surface area contributed by atoms with Crippen molar-refractivity contribution in [2.75, 3.05) is 31.2 Å². The van der Waals surface area contributed by atoms with Crippen LogP contribution in [0, 0.1) is 17.7 Å². The number of carbonyl (C=O) groups is 1. The van der Waals surface area contributed by atoms with Crippen LogP contribution in [0.4, 0.5) is 36.6 Å². The van der Waals surface area contributed by atoms with Gasteiger partial charge < -0.3 is 14.4 Å². The van der Waals surface area contributed by atoms with E-state index in [0.717, 1.165) is 0 Å². The van der Waals surface area contributed by atoms with Crippen LogP contribution in [0.1, 0.15) is 18.5 Å². The van der Waals surface area contributed by atoms with Crippen LogP contribution in [0.2, 0.25) is 0 Å². The second-order valence-electron chi connectivity index (χ2n) is 9.01. The van der Waals surface area contributed by atoms with Crippen molar-refractivity contribution in [1.82, 2.24) is 9.97 Å². The van der Waals surface area contributed by atoms with Crippen molar-refractivity contribution in [2.45, 2.75) is 32.0 Å². The third-order valence-corrected chi connectivity index (χ3v) is 6.19. The summed E-state index contributed by atoms with van der Waals surface area (Å²) in [5.74, 6) is -3.43. The maximum Gasteiger partial charge on any atom is 0.522 e. The van der Waals surface area contributed by atoms with Crippen LogP contribution >= 0.6 is 0 Å². The maximum absolute atomic E-state index is 14.7. The molecular weight excluding hydrogens is 543 g/mol. The van der Waals surface area contributed by atoms with Gasteiger partial charge in [0.15, 0.2) is 17.2 Å². The Kier molecular flexibility index (Phi) is 8.30. The molecule has 3 aromatic rings. The maximum atomic E-state index is 14.7. The topological polar surface area (TPSA) is 97.9 Å². The van der Waals surface area contributed by atoms with Crippen molar-refractivity contribution in [2.24, 2.45) is 11.8 Å². The highest BCUT2D eigenvalue weighted by molar-refractivity contribution is 5.85. The number of fused-ring (bicyclic) bond motifs is 1. The van der Waals surface area contributed by atoms with E-state index in [-0.39, 0.29) is 48.7 Å². The van der Waals surface area contributed by atoms with Crippen molar-refractivity contribution in [3.63, 3.8) is 0 Å². The number of furan rings is 1. The first-order valence-corrected chi connectivity index (χ1v) is 11.7. The van der Waals surface area contributed by atoms with E-state index in [0.29, 0.717) is 10.9 Å². The Hall–Kier alpha value is -3.46. The number of carboxylic acid groups (broad SMARTS) is 1. The zero-order chi connectivity index (χ0) is 28.4. The highest BCUT2D eigenvalue weighted by atomic mass is 19.4. The second kappa shape index (κ2) is 11.3. The summed E-state index contributed by atoms with van der Waals surface area (Å²) in [6.07, 6.45) is -7.55. The van der Waals surface area contributed by atoms with E-state index in [1.165, 1.54) is 24.6 Å². The lowest BCUT2D eigenvalue weighted by molar-refractivity contribution is -0.343. The summed E-state index contributed by atoms with van der Waals surface area (Å²) in [6, 6.07) is 4.30. The fraction of sp³-hybridized carbons (Fsp3) is 0.458. The largest absolute Gasteiger partial charge is 0.522 e. The number of anilines is 1. The van der Waals surface area contributed by atoms with E-state index >= 15 is 0 Å². The minimum atomic E-state index is -5.07. The van der Waals surface area contributed by atoms with Crippen LogP contribution in [0.3, 0.4) is 0 Å². The van der Waals surface area contributed by atoms with Gasteiger partial charge in [-0.05, 0) is 37.5 Å². The number of hydrogen-bond acceptors (Lipinski definition) is 7. The summed E-state index contributed by atoms with van der Waals surface area (Å²) in [7, 11) is 0. The molecule has 0 atom stereocenters. The lowest BCUT2D eigenvalue weighted by atomic mass is 9.96. The number of hydrogen-bond donors (Lipinski definition) is 1. The van der Waals surface area contributed by atoms with E-state index in [9.17, 15) is 40.6 Å². The number of piperidine rings is 1. The Morgan fingerprint density at radius 2 is 1.74 bits per heavy atom. The molecule has 0 bridgehead atoms. The first-order valence-electron chi connectivity index (χ1n) is 11.7. The predicted octanol–water partition coefficient (Wildman–Crippen LogP) is 5.56. The van der Waals surface area contributed by atoms with Gasteiger partial charge in [0.2, 0.25) is 0 Å². The highest BCUT2D eigenvalue weighted by Crippen LogP contribution is 2.34. The molecule has 0 amide bonds. The molecule has 2 aromatic heterocycles. The SMILES string of the molecule is O=C(O)C1CCN(c2nc(CC(COC(F)(F)F)COC(F)(F)F)cnc2-c2cc(F)c3occc3c2)CC1. The van der Waals surface area contributed by atoms with E-state index in [1.807, 2.05) is 0 Å². The van der Waals surface area contributed by atoms with Crippen LogP contribution < -0.4 is 4.90 Å². The van der Waals surface area contributed by atoms with Crippen molar-refractivity contribution in [3.05, 3.63) is 42.2 Å². The number of halogens is 7. The van der Waals surface area contributed by atoms with Gasteiger partial charge in [-0.25, -0.2) is 9.37 Å². The quantitative estimate of drug-likeness (QED) is 0.337. The molecular formula is C24H22F7N3O5. The minimum absolute atomic E-state index is 0.0179. The number of aliphatic carboxylic acids is 1. The van der Waals surface area contributed by atoms with Gasteiger partial charge in [0.25, 0.3) is 0 Å². The summed E-state index contributed by atoms with van der Waals surface area (Å²) in [5, 5.41) is 9.75. The molecule has 212 valence electrons. The fourth-order valence-corrected chi connectivity index (χ4v) is 4.34. The minimum Gasteiger partial charge on any atom is -0.481 e. The molecule has 1 fully saturated rings. The number of rotatable bonds is 9. The van der Waals surface area contributed by atoms with Gasteiger partial charge in [-0.3, -0.25) is 19.3 Å². The molecule has 1 aromatic carbocycles. The van der Waals surface area contributed by atoms with Crippen LogP contribution in [0.15, 0.2) is 35.1 Å². The molecule has 0 saturated carbocycles. The lowest BCUT2D eigenvalue weighted by Crippen LogP contribution is -2.37. The Labute approximate surface area is 216 Å². The van der Waals surface area contributed by atoms with E-state index in [4.69, 9.17) is 4.42 Å². The van der Waals surface area contributed by atoms with Gasteiger partial charge in [-0.2, -0.15) is 0 Å². The zero-order valence-electron chi connectivity index (χ0n) is 20.1. The lowest BCUT2D eigenvalue weighted by Gasteiger charge is -2.32. The molecule has 0 radical (unpaired) electrons. The van der Waals surface area contributed by atoms with Crippen LogP contribution in [-0.4, -0.2) is 60.1 Å². The highest BCUT2D eigenvalue weighted by Gasteiger charge is 2.34. The van der Waals surface area contributed by atoms with Crippen LogP contribution in [0.25, 0.3) is 22.2 Å². The van der Waals surface area contributed by atoms with Crippen molar-refractivity contribution >= 4 is 22.8 Å². The number of alkyl halides is 6. The average molecular weight is 565 g/mol. The summed E-state index contributed by atoms with van der Waals surface area (Å²) in [5.41, 5.74) is 0.558. The molecule has 8 nitrogen and oxygen atoms in total. The molecule has 39 heavy (non-hydrogen) atoms. The van der Waals surface area contributed by atoms with Gasteiger partial charge >= 0.3 is 18.7 Å². The normalized spacial score (nSPS) is 15.4. The molecule has 0 aliphatic carbocycles. The Morgan fingerprint density at radius 3 is 2.33 bits per heavy atom. The molecule has 1 aliphatic heterocycles. The number of nitrogens with zero attached hydrogens (tertiary/aromatic N) is 3. The fourth-order valence-electron chi connectivity index (χ4n) is 4.34. The van der Waals surface area contributed by atoms with Gasteiger partial charge in [0, 0.05) is 36.2 Å². The van der Waals surface area contributed by atoms with Crippen molar-refractivity contribution in [3.8, 4) is 11.3 Å². The molecule has 3 heterocycles. The monoisotopic (exact) mass is 565 g/mol. The van der Waals surface area contributed by atoms with Gasteiger partial charge in [0.05, 0.1) is 31.1 Å². The van der Waals surface area contributed by atoms with E-state index in [1.54, 1.807) is 11.0 Å². The third-order valence-electron chi connectivity index (χ3n) is 6.19. The van der Waals surface area contributed by atoms with Crippen LogP contribution in [-0.2, 0) is 20.7 Å². The summed E-state index contributed by atoms with van der Waals surface area (Å²) in [6.45, 7) is -1.78. The molecule has 15 heteroatoms. The van der Waals surface area contributed by atoms with E-state index < -0.39 is 56.0 Å². The second-order valence-corrected chi connectivity index (χ2v) is 9.01. The average Bonchev–Trinajstić information content (AvgIpc) is 3.34. The van der Waals surface area contributed by atoms with Crippen molar-refractivity contribution in [1.29, 1.82) is 0 Å². The molecule has 1 N–H and O–H groups in total. The molecule has 4 rings (SSSR count). The Bertz CT molecular complexity index is 1290. The smallest absolute Gasteiger partial charge is 0.481 e. The summed E-state index contributed by atoms with van der Waals surface area (Å²) in [4.78, 5) is 21.9. The Morgan fingerprint density at radius 1 is 1.10 bits per heavy atom. The number of aromatic nitrogens is 2. The zero-order valence-corrected chi connectivity index (χ0v) is 20.1. The van der Waals surface area contributed by atoms with Crippen molar-refractivity contribution < 1.29 is 54.5 Å².